The Morgan fingerprint density at radius 3 is 2.75 bits per heavy atom. The number of rotatable bonds is 5. The van der Waals surface area contributed by atoms with Crippen molar-refractivity contribution in [2.45, 2.75) is 32.9 Å². The van der Waals surface area contributed by atoms with Gasteiger partial charge in [-0.05, 0) is 32.9 Å². The summed E-state index contributed by atoms with van der Waals surface area (Å²) in [5.74, 6) is 1.21. The lowest BCUT2D eigenvalue weighted by molar-refractivity contribution is 0.247. The minimum absolute atomic E-state index is 0.154. The predicted octanol–water partition coefficient (Wildman–Crippen LogP) is 0.825. The molecule has 1 fully saturated rings. The summed E-state index contributed by atoms with van der Waals surface area (Å²) in [7, 11) is 5.72. The summed E-state index contributed by atoms with van der Waals surface area (Å²) in [6.45, 7) is 5.92. The average Bonchev–Trinajstić information content (AvgIpc) is 3.13. The van der Waals surface area contributed by atoms with Gasteiger partial charge in [-0.25, -0.2) is 4.98 Å². The Morgan fingerprint density at radius 1 is 1.32 bits per heavy atom. The molecule has 1 aliphatic heterocycles. The number of nitriles is 1. The molecule has 0 aromatic carbocycles. The molecule has 0 aliphatic carbocycles. The molecule has 2 aromatic rings. The van der Waals surface area contributed by atoms with Crippen LogP contribution in [-0.4, -0.2) is 65.3 Å². The number of aryl methyl sites for hydroxylation is 1. The van der Waals surface area contributed by atoms with Gasteiger partial charge in [0.05, 0.1) is 11.4 Å². The summed E-state index contributed by atoms with van der Waals surface area (Å²) < 4.78 is 0. The van der Waals surface area contributed by atoms with E-state index in [1.165, 1.54) is 0 Å². The number of anilines is 2. The lowest BCUT2D eigenvalue weighted by Gasteiger charge is -2.25. The number of aromatic nitrogens is 4. The predicted molar refractivity (Wildman–Crippen MR) is 107 cm³/mol. The molecule has 1 saturated heterocycles. The van der Waals surface area contributed by atoms with Crippen molar-refractivity contribution in [3.63, 3.8) is 0 Å². The number of nitrogens with one attached hydrogen (secondary N) is 1. The molecule has 9 heteroatoms. The number of hydrogen-bond donors (Lipinski definition) is 1. The number of likely N-dealkylation sites (N-methyl/N-ethyl adjacent to an activating group) is 1. The average molecular weight is 382 g/mol. The lowest BCUT2D eigenvalue weighted by atomic mass is 10.1. The molecule has 0 amide bonds. The number of nitrogens with zero attached hydrogens (tertiary/aromatic N) is 7. The van der Waals surface area contributed by atoms with Crippen molar-refractivity contribution >= 4 is 11.8 Å². The molecule has 148 valence electrons. The fraction of sp³-hybridized carbons (Fsp3) is 0.526. The minimum Gasteiger partial charge on any atom is -0.352 e. The van der Waals surface area contributed by atoms with E-state index in [0.717, 1.165) is 36.5 Å². The van der Waals surface area contributed by atoms with E-state index in [4.69, 9.17) is 0 Å². The van der Waals surface area contributed by atoms with Gasteiger partial charge in [0, 0.05) is 45.8 Å². The van der Waals surface area contributed by atoms with Gasteiger partial charge < -0.3 is 9.80 Å². The molecule has 9 nitrogen and oxygen atoms in total. The molecule has 1 atom stereocenters. The SMILES string of the molecule is Cc1nnc(N2CC[C@H](N(C)Cc3cc(=O)[nH]c(N(C)C)n3)C2)c(C#N)c1C. The minimum atomic E-state index is -0.154. The largest absolute Gasteiger partial charge is 0.352 e. The Balaban J connectivity index is 1.74. The second kappa shape index (κ2) is 7.94. The highest BCUT2D eigenvalue weighted by molar-refractivity contribution is 5.58. The van der Waals surface area contributed by atoms with E-state index in [9.17, 15) is 10.1 Å². The van der Waals surface area contributed by atoms with Crippen LogP contribution in [0.2, 0.25) is 0 Å². The molecule has 1 aliphatic rings. The molecular weight excluding hydrogens is 356 g/mol. The second-order valence-electron chi connectivity index (χ2n) is 7.48. The molecule has 1 N–H and O–H groups in total. The van der Waals surface area contributed by atoms with Gasteiger partial charge >= 0.3 is 0 Å². The first-order valence-electron chi connectivity index (χ1n) is 9.27. The summed E-state index contributed by atoms with van der Waals surface area (Å²) in [5.41, 5.74) is 2.84. The van der Waals surface area contributed by atoms with Crippen LogP contribution in [0.3, 0.4) is 0 Å². The monoisotopic (exact) mass is 382 g/mol. The third-order valence-corrected chi connectivity index (χ3v) is 5.25. The summed E-state index contributed by atoms with van der Waals surface area (Å²) in [5, 5.41) is 18.0. The molecule has 0 radical (unpaired) electrons. The molecular formula is C19H26N8O. The molecule has 0 unspecified atom stereocenters. The third-order valence-electron chi connectivity index (χ3n) is 5.25. The maximum absolute atomic E-state index is 11.9. The van der Waals surface area contributed by atoms with Gasteiger partial charge in [-0.1, -0.05) is 0 Å². The molecule has 0 bridgehead atoms. The fourth-order valence-corrected chi connectivity index (χ4v) is 3.42. The fourth-order valence-electron chi connectivity index (χ4n) is 3.42. The first-order chi connectivity index (χ1) is 13.3. The van der Waals surface area contributed by atoms with Crippen LogP contribution >= 0.6 is 0 Å². The zero-order chi connectivity index (χ0) is 20.4. The van der Waals surface area contributed by atoms with Crippen molar-refractivity contribution in [1.82, 2.24) is 25.1 Å². The van der Waals surface area contributed by atoms with Gasteiger partial charge in [0.15, 0.2) is 5.82 Å². The van der Waals surface area contributed by atoms with E-state index in [1.54, 1.807) is 11.0 Å². The lowest BCUT2D eigenvalue weighted by Crippen LogP contribution is -2.35. The highest BCUT2D eigenvalue weighted by Gasteiger charge is 2.29. The smallest absolute Gasteiger partial charge is 0.252 e. The number of H-pyrrole nitrogens is 1. The molecule has 3 rings (SSSR count). The van der Waals surface area contributed by atoms with E-state index in [1.807, 2.05) is 35.0 Å². The van der Waals surface area contributed by atoms with Crippen LogP contribution in [0, 0.1) is 25.2 Å². The van der Waals surface area contributed by atoms with Crippen molar-refractivity contribution in [3.05, 3.63) is 38.9 Å². The van der Waals surface area contributed by atoms with E-state index in [-0.39, 0.29) is 11.6 Å². The summed E-state index contributed by atoms with van der Waals surface area (Å²) in [6, 6.07) is 4.10. The maximum atomic E-state index is 11.9. The highest BCUT2D eigenvalue weighted by Crippen LogP contribution is 2.26. The summed E-state index contributed by atoms with van der Waals surface area (Å²) in [4.78, 5) is 25.2. The van der Waals surface area contributed by atoms with Crippen LogP contribution in [0.1, 0.15) is 28.9 Å². The Labute approximate surface area is 164 Å². The molecule has 0 spiro atoms. The van der Waals surface area contributed by atoms with Crippen LogP contribution in [0.25, 0.3) is 0 Å². The van der Waals surface area contributed by atoms with Crippen LogP contribution in [0.15, 0.2) is 10.9 Å². The molecule has 2 aromatic heterocycles. The Bertz CT molecular complexity index is 961. The number of aromatic amines is 1. The van der Waals surface area contributed by atoms with Crippen molar-refractivity contribution in [3.8, 4) is 6.07 Å². The van der Waals surface area contributed by atoms with E-state index in [2.05, 4.69) is 36.0 Å². The standard InChI is InChI=1S/C19H26N8O/c1-12-13(2)23-24-18(16(12)9-20)27-7-6-15(11-27)26(5)10-14-8-17(28)22-19(21-14)25(3)4/h8,15H,6-7,10-11H2,1-5H3,(H,21,22,28)/t15-/m0/s1. The Morgan fingerprint density at radius 2 is 2.07 bits per heavy atom. The van der Waals surface area contributed by atoms with Crippen molar-refractivity contribution in [2.24, 2.45) is 0 Å². The number of hydrogen-bond acceptors (Lipinski definition) is 8. The normalized spacial score (nSPS) is 16.5. The van der Waals surface area contributed by atoms with Gasteiger partial charge in [0.25, 0.3) is 5.56 Å². The Hall–Kier alpha value is -2.99. The second-order valence-corrected chi connectivity index (χ2v) is 7.48. The van der Waals surface area contributed by atoms with Gasteiger partial charge in [0.2, 0.25) is 5.95 Å². The van der Waals surface area contributed by atoms with Crippen molar-refractivity contribution in [1.29, 1.82) is 5.26 Å². The molecule has 28 heavy (non-hydrogen) atoms. The van der Waals surface area contributed by atoms with E-state index in [0.29, 0.717) is 23.9 Å². The van der Waals surface area contributed by atoms with Gasteiger partial charge in [0.1, 0.15) is 11.6 Å². The van der Waals surface area contributed by atoms with E-state index >= 15 is 0 Å². The van der Waals surface area contributed by atoms with Crippen molar-refractivity contribution in [2.75, 3.05) is 44.0 Å². The van der Waals surface area contributed by atoms with Crippen LogP contribution in [-0.2, 0) is 6.54 Å². The van der Waals surface area contributed by atoms with Crippen LogP contribution in [0.5, 0.6) is 0 Å². The zero-order valence-electron chi connectivity index (χ0n) is 17.0. The van der Waals surface area contributed by atoms with Gasteiger partial charge in [-0.2, -0.15) is 10.4 Å². The van der Waals surface area contributed by atoms with Crippen LogP contribution < -0.4 is 15.4 Å². The first-order valence-corrected chi connectivity index (χ1v) is 9.27. The zero-order valence-corrected chi connectivity index (χ0v) is 17.0. The summed E-state index contributed by atoms with van der Waals surface area (Å²) in [6.07, 6.45) is 0.944. The van der Waals surface area contributed by atoms with Crippen molar-refractivity contribution < 1.29 is 0 Å². The quantitative estimate of drug-likeness (QED) is 0.810. The summed E-state index contributed by atoms with van der Waals surface area (Å²) >= 11 is 0. The van der Waals surface area contributed by atoms with Gasteiger partial charge in [-0.15, -0.1) is 5.10 Å². The topological polar surface area (TPSA) is 105 Å². The third kappa shape index (κ3) is 3.97. The molecule has 3 heterocycles. The van der Waals surface area contributed by atoms with Crippen LogP contribution in [0.4, 0.5) is 11.8 Å². The first kappa shape index (κ1) is 19.8. The Kier molecular flexibility index (Phi) is 5.61. The molecule has 0 saturated carbocycles. The maximum Gasteiger partial charge on any atom is 0.252 e. The highest BCUT2D eigenvalue weighted by atomic mass is 16.1. The van der Waals surface area contributed by atoms with E-state index < -0.39 is 0 Å². The van der Waals surface area contributed by atoms with Gasteiger partial charge in [-0.3, -0.25) is 14.7 Å².